The van der Waals surface area contributed by atoms with Gasteiger partial charge < -0.3 is 15.3 Å². The standard InChI is InChI=1S/C13H20N4O2/c1-3-17-5-4-10(8-17)7-14-13-15-9(2)6-11(16-13)12(18)19/h6,10H,3-5,7-8H2,1-2H3,(H,18,19)(H,14,15,16). The van der Waals surface area contributed by atoms with E-state index in [9.17, 15) is 4.79 Å². The molecule has 1 fully saturated rings. The van der Waals surface area contributed by atoms with E-state index >= 15 is 0 Å². The summed E-state index contributed by atoms with van der Waals surface area (Å²) in [4.78, 5) is 21.5. The van der Waals surface area contributed by atoms with Crippen molar-refractivity contribution in [2.45, 2.75) is 20.3 Å². The Bertz CT molecular complexity index is 464. The van der Waals surface area contributed by atoms with Crippen LogP contribution in [0.2, 0.25) is 0 Å². The predicted molar refractivity (Wildman–Crippen MR) is 72.4 cm³/mol. The fraction of sp³-hybridized carbons (Fsp3) is 0.615. The average Bonchev–Trinajstić information content (AvgIpc) is 2.83. The largest absolute Gasteiger partial charge is 0.477 e. The first-order chi connectivity index (χ1) is 9.08. The van der Waals surface area contributed by atoms with Crippen LogP contribution in [0.15, 0.2) is 6.07 Å². The number of likely N-dealkylation sites (tertiary alicyclic amines) is 1. The second kappa shape index (κ2) is 5.97. The van der Waals surface area contributed by atoms with Gasteiger partial charge in [-0.3, -0.25) is 0 Å². The molecule has 0 spiro atoms. The molecule has 0 saturated carbocycles. The van der Waals surface area contributed by atoms with Crippen molar-refractivity contribution in [3.05, 3.63) is 17.5 Å². The first-order valence-corrected chi connectivity index (χ1v) is 6.63. The Morgan fingerprint density at radius 1 is 1.58 bits per heavy atom. The van der Waals surface area contributed by atoms with Crippen LogP contribution < -0.4 is 5.32 Å². The first kappa shape index (κ1) is 13.7. The fourth-order valence-electron chi connectivity index (χ4n) is 2.36. The van der Waals surface area contributed by atoms with Crippen molar-refractivity contribution in [3.8, 4) is 0 Å². The highest BCUT2D eigenvalue weighted by Crippen LogP contribution is 2.16. The highest BCUT2D eigenvalue weighted by atomic mass is 16.4. The number of aryl methyl sites for hydroxylation is 1. The van der Waals surface area contributed by atoms with Crippen LogP contribution in [0.3, 0.4) is 0 Å². The summed E-state index contributed by atoms with van der Waals surface area (Å²) < 4.78 is 0. The number of carboxylic acid groups (broad SMARTS) is 1. The summed E-state index contributed by atoms with van der Waals surface area (Å²) in [5.74, 6) is -0.0312. The molecule has 0 bridgehead atoms. The van der Waals surface area contributed by atoms with Gasteiger partial charge in [0, 0.05) is 18.8 Å². The van der Waals surface area contributed by atoms with E-state index in [4.69, 9.17) is 5.11 Å². The quantitative estimate of drug-likeness (QED) is 0.833. The van der Waals surface area contributed by atoms with Crippen LogP contribution in [-0.4, -0.2) is 52.1 Å². The van der Waals surface area contributed by atoms with E-state index < -0.39 is 5.97 Å². The van der Waals surface area contributed by atoms with E-state index in [0.29, 0.717) is 17.6 Å². The molecule has 0 aliphatic carbocycles. The minimum atomic E-state index is -1.02. The Hall–Kier alpha value is -1.69. The number of nitrogens with one attached hydrogen (secondary N) is 1. The van der Waals surface area contributed by atoms with Gasteiger partial charge >= 0.3 is 5.97 Å². The molecule has 2 heterocycles. The molecule has 2 N–H and O–H groups in total. The van der Waals surface area contributed by atoms with Gasteiger partial charge in [-0.05, 0) is 38.4 Å². The summed E-state index contributed by atoms with van der Waals surface area (Å²) >= 11 is 0. The molecular weight excluding hydrogens is 244 g/mol. The van der Waals surface area contributed by atoms with E-state index in [2.05, 4.69) is 27.1 Å². The number of nitrogens with zero attached hydrogens (tertiary/aromatic N) is 3. The molecule has 0 amide bonds. The molecule has 0 aromatic carbocycles. The van der Waals surface area contributed by atoms with Gasteiger partial charge in [-0.1, -0.05) is 6.92 Å². The monoisotopic (exact) mass is 264 g/mol. The Morgan fingerprint density at radius 3 is 3.00 bits per heavy atom. The number of aromatic carboxylic acids is 1. The van der Waals surface area contributed by atoms with Gasteiger partial charge in [0.05, 0.1) is 0 Å². The molecule has 6 heteroatoms. The van der Waals surface area contributed by atoms with Gasteiger partial charge in [-0.15, -0.1) is 0 Å². The SMILES string of the molecule is CCN1CCC(CNc2nc(C)cc(C(=O)O)n2)C1. The second-order valence-electron chi connectivity index (χ2n) is 4.95. The van der Waals surface area contributed by atoms with E-state index in [1.807, 2.05) is 0 Å². The molecule has 1 aromatic heterocycles. The summed E-state index contributed by atoms with van der Waals surface area (Å²) in [5.41, 5.74) is 0.702. The number of hydrogen-bond donors (Lipinski definition) is 2. The van der Waals surface area contributed by atoms with Crippen LogP contribution in [0, 0.1) is 12.8 Å². The van der Waals surface area contributed by atoms with Crippen molar-refractivity contribution in [2.24, 2.45) is 5.92 Å². The fourth-order valence-corrected chi connectivity index (χ4v) is 2.36. The normalized spacial score (nSPS) is 19.6. The lowest BCUT2D eigenvalue weighted by Gasteiger charge is -2.14. The third kappa shape index (κ3) is 3.64. The van der Waals surface area contributed by atoms with E-state index in [0.717, 1.165) is 26.2 Å². The van der Waals surface area contributed by atoms with Crippen LogP contribution in [0.5, 0.6) is 0 Å². The molecule has 1 aromatic rings. The Balaban J connectivity index is 1.94. The van der Waals surface area contributed by atoms with Crippen molar-refractivity contribution in [2.75, 3.05) is 31.5 Å². The molecule has 6 nitrogen and oxygen atoms in total. The van der Waals surface area contributed by atoms with Crippen LogP contribution in [0.1, 0.15) is 29.5 Å². The molecule has 1 atom stereocenters. The number of aromatic nitrogens is 2. The molecule has 1 aliphatic rings. The zero-order chi connectivity index (χ0) is 13.8. The molecule has 19 heavy (non-hydrogen) atoms. The van der Waals surface area contributed by atoms with Gasteiger partial charge in [0.1, 0.15) is 0 Å². The maximum Gasteiger partial charge on any atom is 0.354 e. The number of carboxylic acids is 1. The number of carbonyl (C=O) groups is 1. The van der Waals surface area contributed by atoms with Crippen molar-refractivity contribution >= 4 is 11.9 Å². The topological polar surface area (TPSA) is 78.4 Å². The highest BCUT2D eigenvalue weighted by molar-refractivity contribution is 5.85. The van der Waals surface area contributed by atoms with E-state index in [1.165, 1.54) is 12.5 Å². The molecule has 2 rings (SSSR count). The minimum Gasteiger partial charge on any atom is -0.477 e. The molecule has 1 aliphatic heterocycles. The van der Waals surface area contributed by atoms with Crippen LogP contribution >= 0.6 is 0 Å². The van der Waals surface area contributed by atoms with Crippen LogP contribution in [-0.2, 0) is 0 Å². The summed E-state index contributed by atoms with van der Waals surface area (Å²) in [5, 5.41) is 12.1. The second-order valence-corrected chi connectivity index (χ2v) is 4.95. The predicted octanol–water partition coefficient (Wildman–Crippen LogP) is 1.24. The van der Waals surface area contributed by atoms with E-state index in [-0.39, 0.29) is 5.69 Å². The maximum absolute atomic E-state index is 10.9. The lowest BCUT2D eigenvalue weighted by atomic mass is 10.1. The molecular formula is C13H20N4O2. The Morgan fingerprint density at radius 2 is 2.37 bits per heavy atom. The maximum atomic E-state index is 10.9. The van der Waals surface area contributed by atoms with Gasteiger partial charge in [0.15, 0.2) is 5.69 Å². The number of rotatable bonds is 5. The zero-order valence-corrected chi connectivity index (χ0v) is 11.4. The number of hydrogen-bond acceptors (Lipinski definition) is 5. The van der Waals surface area contributed by atoms with Gasteiger partial charge in [-0.2, -0.15) is 0 Å². The smallest absolute Gasteiger partial charge is 0.354 e. The first-order valence-electron chi connectivity index (χ1n) is 6.63. The van der Waals surface area contributed by atoms with Crippen LogP contribution in [0.4, 0.5) is 5.95 Å². The average molecular weight is 264 g/mol. The Labute approximate surface area is 112 Å². The molecule has 1 saturated heterocycles. The summed E-state index contributed by atoms with van der Waals surface area (Å²) in [6.07, 6.45) is 1.17. The van der Waals surface area contributed by atoms with Crippen molar-refractivity contribution in [3.63, 3.8) is 0 Å². The van der Waals surface area contributed by atoms with Gasteiger partial charge in [0.2, 0.25) is 5.95 Å². The van der Waals surface area contributed by atoms with E-state index in [1.54, 1.807) is 6.92 Å². The van der Waals surface area contributed by atoms with Crippen molar-refractivity contribution in [1.82, 2.24) is 14.9 Å². The zero-order valence-electron chi connectivity index (χ0n) is 11.4. The molecule has 0 radical (unpaired) electrons. The number of anilines is 1. The lowest BCUT2D eigenvalue weighted by Crippen LogP contribution is -2.23. The summed E-state index contributed by atoms with van der Waals surface area (Å²) in [6.45, 7) is 8.03. The third-order valence-electron chi connectivity index (χ3n) is 3.44. The third-order valence-corrected chi connectivity index (χ3v) is 3.44. The lowest BCUT2D eigenvalue weighted by molar-refractivity contribution is 0.0690. The highest BCUT2D eigenvalue weighted by Gasteiger charge is 2.21. The Kier molecular flexibility index (Phi) is 4.31. The minimum absolute atomic E-state index is 0.0385. The molecule has 104 valence electrons. The van der Waals surface area contributed by atoms with Crippen molar-refractivity contribution in [1.29, 1.82) is 0 Å². The molecule has 1 unspecified atom stereocenters. The van der Waals surface area contributed by atoms with Gasteiger partial charge in [0.25, 0.3) is 0 Å². The summed E-state index contributed by atoms with van der Waals surface area (Å²) in [7, 11) is 0. The summed E-state index contributed by atoms with van der Waals surface area (Å²) in [6, 6.07) is 1.47. The van der Waals surface area contributed by atoms with Gasteiger partial charge in [-0.25, -0.2) is 14.8 Å². The van der Waals surface area contributed by atoms with Crippen molar-refractivity contribution < 1.29 is 9.90 Å². The van der Waals surface area contributed by atoms with Crippen LogP contribution in [0.25, 0.3) is 0 Å².